The lowest BCUT2D eigenvalue weighted by Crippen LogP contribution is -2.38. The third-order valence-electron chi connectivity index (χ3n) is 1.81. The van der Waals surface area contributed by atoms with Gasteiger partial charge in [0.2, 0.25) is 0 Å². The van der Waals surface area contributed by atoms with Crippen LogP contribution in [0.25, 0.3) is 0 Å². The van der Waals surface area contributed by atoms with E-state index in [0.29, 0.717) is 6.04 Å². The molecule has 1 heterocycles. The van der Waals surface area contributed by atoms with Crippen LogP contribution in [-0.2, 0) is 0 Å². The standard InChI is InChI=1S/C8H17N3Si/c1-7(2)11-6-8(9-10-11)12(3,4)5/h6-7H,1-5H3. The summed E-state index contributed by atoms with van der Waals surface area (Å²) in [4.78, 5) is 0. The first kappa shape index (κ1) is 9.44. The van der Waals surface area contributed by atoms with E-state index in [9.17, 15) is 0 Å². The highest BCUT2D eigenvalue weighted by molar-refractivity contribution is 6.88. The Kier molecular flexibility index (Phi) is 2.37. The topological polar surface area (TPSA) is 30.7 Å². The summed E-state index contributed by atoms with van der Waals surface area (Å²) in [6, 6.07) is 0.419. The van der Waals surface area contributed by atoms with E-state index >= 15 is 0 Å². The van der Waals surface area contributed by atoms with E-state index in [1.54, 1.807) is 0 Å². The normalized spacial score (nSPS) is 12.5. The van der Waals surface area contributed by atoms with Crippen LogP contribution in [0, 0.1) is 0 Å². The maximum Gasteiger partial charge on any atom is 0.106 e. The number of hydrogen-bond acceptors (Lipinski definition) is 2. The molecule has 0 aromatic carbocycles. The van der Waals surface area contributed by atoms with Crippen LogP contribution in [-0.4, -0.2) is 23.1 Å². The summed E-state index contributed by atoms with van der Waals surface area (Å²) in [6.45, 7) is 11.1. The molecule has 0 aliphatic heterocycles. The molecule has 0 amide bonds. The van der Waals surface area contributed by atoms with E-state index in [1.165, 1.54) is 5.32 Å². The van der Waals surface area contributed by atoms with E-state index in [0.717, 1.165) is 0 Å². The molecule has 12 heavy (non-hydrogen) atoms. The summed E-state index contributed by atoms with van der Waals surface area (Å²) < 4.78 is 1.92. The number of nitrogens with zero attached hydrogens (tertiary/aromatic N) is 3. The minimum atomic E-state index is -1.25. The molecule has 0 spiro atoms. The molecule has 1 aromatic heterocycles. The van der Waals surface area contributed by atoms with Gasteiger partial charge in [-0.05, 0) is 13.8 Å². The van der Waals surface area contributed by atoms with Crippen molar-refractivity contribution in [3.8, 4) is 0 Å². The Hall–Kier alpha value is -0.643. The van der Waals surface area contributed by atoms with Crippen molar-refractivity contribution in [3.05, 3.63) is 6.20 Å². The zero-order valence-corrected chi connectivity index (χ0v) is 9.50. The van der Waals surface area contributed by atoms with Crippen molar-refractivity contribution >= 4 is 13.4 Å². The quantitative estimate of drug-likeness (QED) is 0.649. The predicted molar refractivity (Wildman–Crippen MR) is 53.4 cm³/mol. The van der Waals surface area contributed by atoms with Crippen molar-refractivity contribution in [1.82, 2.24) is 15.0 Å². The molecule has 0 saturated heterocycles. The van der Waals surface area contributed by atoms with Gasteiger partial charge < -0.3 is 0 Å². The predicted octanol–water partition coefficient (Wildman–Crippen LogP) is 1.40. The molecule has 0 radical (unpaired) electrons. The molecule has 0 N–H and O–H groups in total. The second-order valence-electron chi connectivity index (χ2n) is 4.43. The molecule has 0 fully saturated rings. The van der Waals surface area contributed by atoms with Gasteiger partial charge in [-0.25, -0.2) is 0 Å². The molecule has 3 nitrogen and oxygen atoms in total. The molecule has 0 aliphatic rings. The first-order valence-corrected chi connectivity index (χ1v) is 7.83. The van der Waals surface area contributed by atoms with E-state index in [-0.39, 0.29) is 0 Å². The van der Waals surface area contributed by atoms with Crippen LogP contribution < -0.4 is 5.32 Å². The average Bonchev–Trinajstić information content (AvgIpc) is 2.30. The van der Waals surface area contributed by atoms with Crippen LogP contribution in [0.4, 0.5) is 0 Å². The summed E-state index contributed by atoms with van der Waals surface area (Å²) >= 11 is 0. The first-order chi connectivity index (χ1) is 5.41. The molecule has 0 saturated carbocycles. The highest BCUT2D eigenvalue weighted by Crippen LogP contribution is 2.02. The summed E-state index contributed by atoms with van der Waals surface area (Å²) in [5.41, 5.74) is 0. The highest BCUT2D eigenvalue weighted by atomic mass is 28.3. The SMILES string of the molecule is CC(C)n1cc([Si](C)(C)C)nn1. The maximum atomic E-state index is 4.18. The fraction of sp³-hybridized carbons (Fsp3) is 0.750. The van der Waals surface area contributed by atoms with Gasteiger partial charge in [-0.2, -0.15) is 0 Å². The van der Waals surface area contributed by atoms with Crippen LogP contribution in [0.15, 0.2) is 6.20 Å². The Morgan fingerprint density at radius 2 is 1.92 bits per heavy atom. The molecule has 0 aliphatic carbocycles. The largest absolute Gasteiger partial charge is 0.250 e. The van der Waals surface area contributed by atoms with Crippen LogP contribution >= 0.6 is 0 Å². The highest BCUT2D eigenvalue weighted by Gasteiger charge is 2.20. The molecule has 0 atom stereocenters. The Morgan fingerprint density at radius 3 is 2.17 bits per heavy atom. The van der Waals surface area contributed by atoms with Gasteiger partial charge in [-0.3, -0.25) is 4.68 Å². The van der Waals surface area contributed by atoms with E-state index in [1.807, 2.05) is 4.68 Å². The summed E-state index contributed by atoms with van der Waals surface area (Å²) in [5.74, 6) is 0. The Labute approximate surface area is 74.8 Å². The summed E-state index contributed by atoms with van der Waals surface area (Å²) in [7, 11) is -1.25. The van der Waals surface area contributed by atoms with Crippen molar-refractivity contribution in [2.24, 2.45) is 0 Å². The van der Waals surface area contributed by atoms with Crippen LogP contribution in [0.5, 0.6) is 0 Å². The van der Waals surface area contributed by atoms with Crippen molar-refractivity contribution in [2.45, 2.75) is 39.5 Å². The van der Waals surface area contributed by atoms with Gasteiger partial charge in [-0.1, -0.05) is 24.9 Å². The maximum absolute atomic E-state index is 4.18. The molecule has 4 heteroatoms. The minimum absolute atomic E-state index is 0.419. The van der Waals surface area contributed by atoms with Crippen molar-refractivity contribution in [3.63, 3.8) is 0 Å². The first-order valence-electron chi connectivity index (χ1n) is 4.33. The van der Waals surface area contributed by atoms with Crippen LogP contribution in [0.1, 0.15) is 19.9 Å². The van der Waals surface area contributed by atoms with Crippen LogP contribution in [0.2, 0.25) is 19.6 Å². The lowest BCUT2D eigenvalue weighted by atomic mass is 10.4. The fourth-order valence-corrected chi connectivity index (χ4v) is 1.74. The molecular formula is C8H17N3Si. The van der Waals surface area contributed by atoms with Gasteiger partial charge in [0.25, 0.3) is 0 Å². The molecule has 68 valence electrons. The summed E-state index contributed by atoms with van der Waals surface area (Å²) in [6.07, 6.45) is 2.08. The monoisotopic (exact) mass is 183 g/mol. The molecular weight excluding hydrogens is 166 g/mol. The zero-order chi connectivity index (χ0) is 9.35. The van der Waals surface area contributed by atoms with Gasteiger partial charge in [0, 0.05) is 12.2 Å². The Balaban J connectivity index is 2.92. The lowest BCUT2D eigenvalue weighted by Gasteiger charge is -2.10. The third-order valence-corrected chi connectivity index (χ3v) is 3.57. The number of hydrogen-bond donors (Lipinski definition) is 0. The number of aromatic nitrogens is 3. The zero-order valence-electron chi connectivity index (χ0n) is 8.50. The van der Waals surface area contributed by atoms with Gasteiger partial charge >= 0.3 is 0 Å². The Bertz CT molecular complexity index is 260. The summed E-state index contributed by atoms with van der Waals surface area (Å²) in [5, 5.41) is 9.46. The molecule has 1 rings (SSSR count). The minimum Gasteiger partial charge on any atom is -0.250 e. The van der Waals surface area contributed by atoms with Crippen LogP contribution in [0.3, 0.4) is 0 Å². The third kappa shape index (κ3) is 1.94. The second kappa shape index (κ2) is 3.01. The number of rotatable bonds is 2. The van der Waals surface area contributed by atoms with Crippen molar-refractivity contribution in [1.29, 1.82) is 0 Å². The molecule has 1 aromatic rings. The average molecular weight is 183 g/mol. The van der Waals surface area contributed by atoms with Crippen molar-refractivity contribution < 1.29 is 0 Å². The van der Waals surface area contributed by atoms with Gasteiger partial charge in [0.1, 0.15) is 8.07 Å². The van der Waals surface area contributed by atoms with Crippen molar-refractivity contribution in [2.75, 3.05) is 0 Å². The van der Waals surface area contributed by atoms with Gasteiger partial charge in [0.15, 0.2) is 0 Å². The van der Waals surface area contributed by atoms with Gasteiger partial charge in [0.05, 0.1) is 5.32 Å². The molecule has 0 bridgehead atoms. The van der Waals surface area contributed by atoms with E-state index in [4.69, 9.17) is 0 Å². The van der Waals surface area contributed by atoms with E-state index < -0.39 is 8.07 Å². The fourth-order valence-electron chi connectivity index (χ4n) is 0.873. The molecule has 0 unspecified atom stereocenters. The smallest absolute Gasteiger partial charge is 0.106 e. The van der Waals surface area contributed by atoms with E-state index in [2.05, 4.69) is 50.0 Å². The lowest BCUT2D eigenvalue weighted by molar-refractivity contribution is 0.514. The van der Waals surface area contributed by atoms with Gasteiger partial charge in [-0.15, -0.1) is 5.10 Å². The second-order valence-corrected chi connectivity index (χ2v) is 9.44. The Morgan fingerprint density at radius 1 is 1.33 bits per heavy atom.